The van der Waals surface area contributed by atoms with Crippen LogP contribution in [0.5, 0.6) is 0 Å². The van der Waals surface area contributed by atoms with Crippen LogP contribution in [0.4, 0.5) is 4.39 Å². The van der Waals surface area contributed by atoms with E-state index in [0.29, 0.717) is 17.1 Å². The van der Waals surface area contributed by atoms with Crippen LogP contribution < -0.4 is 10.9 Å². The number of halogens is 1. The Morgan fingerprint density at radius 2 is 2.00 bits per heavy atom. The maximum Gasteiger partial charge on any atom is 0.267 e. The first-order valence-electron chi connectivity index (χ1n) is 7.87. The van der Waals surface area contributed by atoms with Gasteiger partial charge in [-0.1, -0.05) is 5.16 Å². The molecule has 0 radical (unpaired) electrons. The van der Waals surface area contributed by atoms with Crippen LogP contribution >= 0.6 is 0 Å². The van der Waals surface area contributed by atoms with Crippen LogP contribution in [0.1, 0.15) is 24.7 Å². The van der Waals surface area contributed by atoms with E-state index in [9.17, 15) is 14.0 Å². The molecule has 9 heteroatoms. The van der Waals surface area contributed by atoms with Gasteiger partial charge in [0.15, 0.2) is 5.82 Å². The fraction of sp³-hybridized carbons (Fsp3) is 0.235. The summed E-state index contributed by atoms with van der Waals surface area (Å²) in [7, 11) is 0. The first-order valence-corrected chi connectivity index (χ1v) is 7.87. The maximum absolute atomic E-state index is 13.1. The highest BCUT2D eigenvalue weighted by Gasteiger charge is 2.18. The largest absolute Gasteiger partial charge is 0.345 e. The van der Waals surface area contributed by atoms with Gasteiger partial charge in [0.2, 0.25) is 11.8 Å². The zero-order valence-corrected chi connectivity index (χ0v) is 14.1. The van der Waals surface area contributed by atoms with Crippen LogP contribution in [0.25, 0.3) is 11.3 Å². The number of nitrogens with one attached hydrogen (secondary N) is 1. The van der Waals surface area contributed by atoms with Crippen LogP contribution in [0.2, 0.25) is 0 Å². The predicted molar refractivity (Wildman–Crippen MR) is 89.5 cm³/mol. The highest BCUT2D eigenvalue weighted by atomic mass is 19.1. The number of benzene rings is 1. The summed E-state index contributed by atoms with van der Waals surface area (Å²) >= 11 is 0. The summed E-state index contributed by atoms with van der Waals surface area (Å²) in [5, 5.41) is 10.5. The van der Waals surface area contributed by atoms with E-state index in [-0.39, 0.29) is 18.3 Å². The van der Waals surface area contributed by atoms with Gasteiger partial charge in [0, 0.05) is 11.6 Å². The lowest BCUT2D eigenvalue weighted by Gasteiger charge is -2.14. The molecule has 1 aromatic carbocycles. The molecule has 0 spiro atoms. The molecule has 1 N–H and O–H groups in total. The van der Waals surface area contributed by atoms with Crippen LogP contribution in [0, 0.1) is 12.7 Å². The van der Waals surface area contributed by atoms with Crippen molar-refractivity contribution in [2.45, 2.75) is 26.4 Å². The Hall–Kier alpha value is -3.36. The Labute approximate surface area is 147 Å². The lowest BCUT2D eigenvalue weighted by Crippen LogP contribution is -2.36. The Kier molecular flexibility index (Phi) is 4.87. The van der Waals surface area contributed by atoms with Gasteiger partial charge in [-0.25, -0.2) is 9.07 Å². The molecule has 3 aromatic rings. The first kappa shape index (κ1) is 17.5. The predicted octanol–water partition coefficient (Wildman–Crippen LogP) is 1.62. The number of hydrogen-bond donors (Lipinski definition) is 1. The molecule has 0 aliphatic rings. The molecule has 0 aliphatic carbocycles. The summed E-state index contributed by atoms with van der Waals surface area (Å²) in [5.74, 6) is -0.0617. The van der Waals surface area contributed by atoms with E-state index in [2.05, 4.69) is 20.6 Å². The lowest BCUT2D eigenvalue weighted by molar-refractivity contribution is -0.124. The first-order chi connectivity index (χ1) is 12.4. The second kappa shape index (κ2) is 7.26. The minimum absolute atomic E-state index is 0.0520. The van der Waals surface area contributed by atoms with Gasteiger partial charge in [-0.3, -0.25) is 9.59 Å². The van der Waals surface area contributed by atoms with E-state index in [4.69, 9.17) is 4.52 Å². The van der Waals surface area contributed by atoms with E-state index in [0.717, 1.165) is 4.68 Å². The number of nitrogens with zero attached hydrogens (tertiary/aromatic N) is 4. The average molecular weight is 357 g/mol. The van der Waals surface area contributed by atoms with Gasteiger partial charge in [-0.05, 0) is 44.2 Å². The minimum atomic E-state index is -0.855. The normalized spacial score (nSPS) is 12.0. The van der Waals surface area contributed by atoms with Gasteiger partial charge >= 0.3 is 0 Å². The molecule has 8 nitrogen and oxygen atoms in total. The third-order valence-corrected chi connectivity index (χ3v) is 3.69. The number of aromatic nitrogens is 4. The highest BCUT2D eigenvalue weighted by molar-refractivity contribution is 5.79. The molecule has 0 fully saturated rings. The molecule has 1 amide bonds. The van der Waals surface area contributed by atoms with Crippen molar-refractivity contribution in [3.8, 4) is 11.3 Å². The molecular formula is C17H16FN5O3. The van der Waals surface area contributed by atoms with Crippen molar-refractivity contribution >= 4 is 5.91 Å². The molecule has 26 heavy (non-hydrogen) atoms. The second-order valence-electron chi connectivity index (χ2n) is 5.64. The van der Waals surface area contributed by atoms with E-state index < -0.39 is 17.5 Å². The topological polar surface area (TPSA) is 103 Å². The highest BCUT2D eigenvalue weighted by Crippen LogP contribution is 2.16. The van der Waals surface area contributed by atoms with Crippen molar-refractivity contribution in [3.05, 3.63) is 64.3 Å². The van der Waals surface area contributed by atoms with Gasteiger partial charge in [-0.15, -0.1) is 0 Å². The van der Waals surface area contributed by atoms with Gasteiger partial charge in [0.05, 0.1) is 12.2 Å². The van der Waals surface area contributed by atoms with Gasteiger partial charge in [0.25, 0.3) is 5.56 Å². The smallest absolute Gasteiger partial charge is 0.267 e. The molecular weight excluding hydrogens is 341 g/mol. The average Bonchev–Trinajstić information content (AvgIpc) is 3.05. The van der Waals surface area contributed by atoms with E-state index in [1.807, 2.05) is 0 Å². The monoisotopic (exact) mass is 357 g/mol. The molecule has 0 aliphatic heterocycles. The van der Waals surface area contributed by atoms with Gasteiger partial charge < -0.3 is 9.84 Å². The Balaban J connectivity index is 1.78. The molecule has 1 atom stereocenters. The number of carbonyl (C=O) groups excluding carboxylic acids is 1. The van der Waals surface area contributed by atoms with Crippen molar-refractivity contribution in [3.63, 3.8) is 0 Å². The standard InChI is InChI=1S/C17H16FN5O3/c1-10(17(25)19-9-15-20-11(2)22-26-15)23-16(24)8-7-14(21-23)12-3-5-13(18)6-4-12/h3-8,10H,9H2,1-2H3,(H,19,25). The van der Waals surface area contributed by atoms with Crippen LogP contribution in [0.15, 0.2) is 45.7 Å². The fourth-order valence-corrected chi connectivity index (χ4v) is 2.31. The van der Waals surface area contributed by atoms with Crippen LogP contribution in [0.3, 0.4) is 0 Å². The molecule has 2 heterocycles. The van der Waals surface area contributed by atoms with Crippen molar-refractivity contribution in [2.24, 2.45) is 0 Å². The van der Waals surface area contributed by atoms with E-state index in [1.165, 1.54) is 24.3 Å². The zero-order chi connectivity index (χ0) is 18.7. The second-order valence-corrected chi connectivity index (χ2v) is 5.64. The third-order valence-electron chi connectivity index (χ3n) is 3.69. The Morgan fingerprint density at radius 3 is 2.65 bits per heavy atom. The molecule has 1 unspecified atom stereocenters. The van der Waals surface area contributed by atoms with E-state index in [1.54, 1.807) is 26.0 Å². The SMILES string of the molecule is Cc1noc(CNC(=O)C(C)n2nc(-c3ccc(F)cc3)ccc2=O)n1. The molecule has 2 aromatic heterocycles. The summed E-state index contributed by atoms with van der Waals surface area (Å²) < 4.78 is 19.1. The van der Waals surface area contributed by atoms with Crippen LogP contribution in [-0.2, 0) is 11.3 Å². The number of rotatable bonds is 5. The molecule has 0 bridgehead atoms. The Morgan fingerprint density at radius 1 is 1.27 bits per heavy atom. The molecule has 0 saturated heterocycles. The fourth-order valence-electron chi connectivity index (χ4n) is 2.31. The van der Waals surface area contributed by atoms with Crippen molar-refractivity contribution in [1.29, 1.82) is 0 Å². The minimum Gasteiger partial charge on any atom is -0.345 e. The summed E-state index contributed by atoms with van der Waals surface area (Å²) in [6.45, 7) is 3.27. The number of amides is 1. The number of hydrogen-bond acceptors (Lipinski definition) is 6. The van der Waals surface area contributed by atoms with Gasteiger partial charge in [0.1, 0.15) is 11.9 Å². The number of carbonyl (C=O) groups is 1. The van der Waals surface area contributed by atoms with Crippen molar-refractivity contribution in [2.75, 3.05) is 0 Å². The lowest BCUT2D eigenvalue weighted by atomic mass is 10.1. The summed E-state index contributed by atoms with van der Waals surface area (Å²) in [4.78, 5) is 28.4. The summed E-state index contributed by atoms with van der Waals surface area (Å²) in [6, 6.07) is 7.69. The quantitative estimate of drug-likeness (QED) is 0.744. The van der Waals surface area contributed by atoms with Crippen molar-refractivity contribution < 1.29 is 13.7 Å². The van der Waals surface area contributed by atoms with E-state index >= 15 is 0 Å². The number of aryl methyl sites for hydroxylation is 1. The molecule has 134 valence electrons. The van der Waals surface area contributed by atoms with Crippen LogP contribution in [-0.4, -0.2) is 25.8 Å². The van der Waals surface area contributed by atoms with Gasteiger partial charge in [-0.2, -0.15) is 10.1 Å². The zero-order valence-electron chi connectivity index (χ0n) is 14.1. The third kappa shape index (κ3) is 3.82. The summed E-state index contributed by atoms with van der Waals surface area (Å²) in [6.07, 6.45) is 0. The summed E-state index contributed by atoms with van der Waals surface area (Å²) in [5.41, 5.74) is 0.665. The molecule has 3 rings (SSSR count). The Bertz CT molecular complexity index is 981. The molecule has 0 saturated carbocycles. The van der Waals surface area contributed by atoms with Crippen molar-refractivity contribution in [1.82, 2.24) is 25.2 Å². The maximum atomic E-state index is 13.1.